The first-order valence-corrected chi connectivity index (χ1v) is 10.8. The second-order valence-corrected chi connectivity index (χ2v) is 8.22. The van der Waals surface area contributed by atoms with Crippen molar-refractivity contribution in [2.75, 3.05) is 13.1 Å². The number of likely N-dealkylation sites (tertiary alicyclic amines) is 1. The Kier molecular flexibility index (Phi) is 5.37. The number of piperidine rings is 1. The predicted octanol–water partition coefficient (Wildman–Crippen LogP) is 2.62. The zero-order valence-corrected chi connectivity index (χ0v) is 17.8. The molecule has 0 spiro atoms. The molecule has 0 saturated carbocycles. The summed E-state index contributed by atoms with van der Waals surface area (Å²) in [4.78, 5) is 49.0. The van der Waals surface area contributed by atoms with Gasteiger partial charge in [0, 0.05) is 31.4 Å². The molecular weight excluding hydrogens is 425 g/mol. The van der Waals surface area contributed by atoms with E-state index in [4.69, 9.17) is 0 Å². The maximum atomic E-state index is 14.6. The average molecular weight is 447 g/mol. The number of hydrogen-bond acceptors (Lipinski definition) is 4. The van der Waals surface area contributed by atoms with Crippen LogP contribution in [-0.4, -0.2) is 43.4 Å². The fraction of sp³-hybridized carbons (Fsp3) is 0.250. The molecule has 1 fully saturated rings. The Morgan fingerprint density at radius 3 is 2.67 bits per heavy atom. The lowest BCUT2D eigenvalue weighted by molar-refractivity contribution is 0.0706. The fourth-order valence-electron chi connectivity index (χ4n) is 4.44. The van der Waals surface area contributed by atoms with E-state index in [0.29, 0.717) is 29.6 Å². The van der Waals surface area contributed by atoms with Gasteiger partial charge in [0.15, 0.2) is 0 Å². The van der Waals surface area contributed by atoms with Crippen molar-refractivity contribution in [3.63, 3.8) is 0 Å². The lowest BCUT2D eigenvalue weighted by Crippen LogP contribution is -2.38. The first-order valence-electron chi connectivity index (χ1n) is 10.8. The number of fused-ring (bicyclic) bond motifs is 1. The molecule has 2 N–H and O–H groups in total. The molecule has 0 aliphatic carbocycles. The molecule has 0 unspecified atom stereocenters. The molecule has 9 heteroatoms. The van der Waals surface area contributed by atoms with Crippen molar-refractivity contribution in [2.45, 2.75) is 25.3 Å². The average Bonchev–Trinajstić information content (AvgIpc) is 3.37. The number of amides is 1. The van der Waals surface area contributed by atoms with Crippen molar-refractivity contribution in [3.8, 4) is 0 Å². The fourth-order valence-corrected chi connectivity index (χ4v) is 4.44. The Morgan fingerprint density at radius 1 is 1.12 bits per heavy atom. The van der Waals surface area contributed by atoms with Crippen LogP contribution in [0.1, 0.15) is 40.5 Å². The first-order chi connectivity index (χ1) is 16.0. The highest BCUT2D eigenvalue weighted by Crippen LogP contribution is 2.27. The third-order valence-electron chi connectivity index (χ3n) is 6.20. The van der Waals surface area contributed by atoms with Crippen molar-refractivity contribution < 1.29 is 9.18 Å². The van der Waals surface area contributed by atoms with Crippen LogP contribution in [0, 0.1) is 5.82 Å². The Bertz CT molecular complexity index is 1430. The molecule has 1 aliphatic heterocycles. The van der Waals surface area contributed by atoms with Crippen molar-refractivity contribution in [1.82, 2.24) is 24.4 Å². The van der Waals surface area contributed by atoms with Gasteiger partial charge in [-0.25, -0.2) is 14.2 Å². The van der Waals surface area contributed by atoms with Gasteiger partial charge in [-0.3, -0.25) is 19.1 Å². The Balaban J connectivity index is 1.39. The number of H-pyrrole nitrogens is 2. The number of carbonyl (C=O) groups is 1. The van der Waals surface area contributed by atoms with Gasteiger partial charge in [-0.05, 0) is 42.7 Å². The van der Waals surface area contributed by atoms with Gasteiger partial charge in [0.05, 0.1) is 23.0 Å². The van der Waals surface area contributed by atoms with E-state index >= 15 is 0 Å². The summed E-state index contributed by atoms with van der Waals surface area (Å²) in [6, 6.07) is 11.1. The van der Waals surface area contributed by atoms with E-state index in [1.165, 1.54) is 16.7 Å². The molecule has 8 nitrogen and oxygen atoms in total. The Labute approximate surface area is 187 Å². The number of aromatic amines is 2. The van der Waals surface area contributed by atoms with Crippen LogP contribution >= 0.6 is 0 Å². The maximum absolute atomic E-state index is 14.6. The minimum atomic E-state index is -0.601. The first kappa shape index (κ1) is 20.9. The molecule has 0 bridgehead atoms. The van der Waals surface area contributed by atoms with Crippen LogP contribution in [0.15, 0.2) is 64.4 Å². The summed E-state index contributed by atoms with van der Waals surface area (Å²) < 4.78 is 16.0. The summed E-state index contributed by atoms with van der Waals surface area (Å²) in [6.45, 7) is 1.12. The number of nitrogens with zero attached hydrogens (tertiary/aromatic N) is 3. The number of carbonyl (C=O) groups excluding carboxylic acids is 1. The lowest BCUT2D eigenvalue weighted by Gasteiger charge is -2.31. The van der Waals surface area contributed by atoms with Crippen LogP contribution in [0.5, 0.6) is 0 Å². The van der Waals surface area contributed by atoms with E-state index in [-0.39, 0.29) is 23.9 Å². The predicted molar refractivity (Wildman–Crippen MR) is 121 cm³/mol. The number of rotatable bonds is 4. The molecule has 0 radical (unpaired) electrons. The van der Waals surface area contributed by atoms with Crippen LogP contribution < -0.4 is 11.2 Å². The van der Waals surface area contributed by atoms with Gasteiger partial charge >= 0.3 is 5.69 Å². The van der Waals surface area contributed by atoms with Crippen LogP contribution in [0.2, 0.25) is 0 Å². The minimum absolute atomic E-state index is 0.0225. The van der Waals surface area contributed by atoms with Crippen LogP contribution in [-0.2, 0) is 6.54 Å². The topological polar surface area (TPSA) is 104 Å². The number of benzene rings is 2. The van der Waals surface area contributed by atoms with Gasteiger partial charge in [0.25, 0.3) is 11.5 Å². The third-order valence-corrected chi connectivity index (χ3v) is 6.20. The smallest absolute Gasteiger partial charge is 0.329 e. The van der Waals surface area contributed by atoms with E-state index < -0.39 is 17.1 Å². The van der Waals surface area contributed by atoms with Crippen molar-refractivity contribution in [3.05, 3.63) is 98.5 Å². The molecule has 1 saturated heterocycles. The Hall–Kier alpha value is -4.01. The minimum Gasteiger partial charge on any atom is -0.348 e. The van der Waals surface area contributed by atoms with Crippen molar-refractivity contribution >= 4 is 16.8 Å². The van der Waals surface area contributed by atoms with Gasteiger partial charge in [-0.2, -0.15) is 0 Å². The molecule has 4 aromatic rings. The monoisotopic (exact) mass is 447 g/mol. The third kappa shape index (κ3) is 3.97. The summed E-state index contributed by atoms with van der Waals surface area (Å²) in [5.74, 6) is 0.191. The highest BCUT2D eigenvalue weighted by molar-refractivity contribution is 5.94. The van der Waals surface area contributed by atoms with E-state index in [1.807, 2.05) is 0 Å². The summed E-state index contributed by atoms with van der Waals surface area (Å²) >= 11 is 0. The molecule has 2 aromatic carbocycles. The molecule has 3 heterocycles. The van der Waals surface area contributed by atoms with Crippen molar-refractivity contribution in [2.24, 2.45) is 0 Å². The SMILES string of the molecule is O=C(c1cc(Cn2c(=O)[nH]c(=O)c3ccccc32)ccc1F)N1CCC(c2ncc[nH]2)CC1. The van der Waals surface area contributed by atoms with Gasteiger partial charge in [0.2, 0.25) is 0 Å². The number of nitrogens with one attached hydrogen (secondary N) is 2. The number of para-hydroxylation sites is 1. The standard InChI is InChI=1S/C24H22FN5O3/c25-19-6-5-15(14-30-20-4-2-1-3-17(20)22(31)28-24(30)33)13-18(19)23(32)29-11-7-16(8-12-29)21-26-9-10-27-21/h1-6,9-10,13,16H,7-8,11-12,14H2,(H,26,27)(H,28,31,33). The van der Waals surface area contributed by atoms with Crippen molar-refractivity contribution in [1.29, 1.82) is 0 Å². The van der Waals surface area contributed by atoms with Crippen LogP contribution in [0.3, 0.4) is 0 Å². The maximum Gasteiger partial charge on any atom is 0.329 e. The normalized spacial score (nSPS) is 14.6. The highest BCUT2D eigenvalue weighted by Gasteiger charge is 2.27. The number of hydrogen-bond donors (Lipinski definition) is 2. The molecule has 5 rings (SSSR count). The number of aromatic nitrogens is 4. The van der Waals surface area contributed by atoms with Crippen LogP contribution in [0.4, 0.5) is 4.39 Å². The second kappa shape index (κ2) is 8.50. The molecule has 1 aliphatic rings. The molecule has 2 aromatic heterocycles. The second-order valence-electron chi connectivity index (χ2n) is 8.22. The highest BCUT2D eigenvalue weighted by atomic mass is 19.1. The molecule has 168 valence electrons. The number of imidazole rings is 1. The van der Waals surface area contributed by atoms with Crippen LogP contribution in [0.25, 0.3) is 10.9 Å². The van der Waals surface area contributed by atoms with E-state index in [1.54, 1.807) is 47.6 Å². The zero-order chi connectivity index (χ0) is 22.9. The van der Waals surface area contributed by atoms with Gasteiger partial charge in [-0.1, -0.05) is 18.2 Å². The molecular formula is C24H22FN5O3. The zero-order valence-electron chi connectivity index (χ0n) is 17.8. The molecule has 33 heavy (non-hydrogen) atoms. The Morgan fingerprint density at radius 2 is 1.91 bits per heavy atom. The summed E-state index contributed by atoms with van der Waals surface area (Å²) in [5.41, 5.74) is 0.0226. The van der Waals surface area contributed by atoms with E-state index in [9.17, 15) is 18.8 Å². The largest absolute Gasteiger partial charge is 0.348 e. The lowest BCUT2D eigenvalue weighted by atomic mass is 9.95. The number of halogens is 1. The summed E-state index contributed by atoms with van der Waals surface area (Å²) in [7, 11) is 0. The molecule has 0 atom stereocenters. The summed E-state index contributed by atoms with van der Waals surface area (Å²) in [6.07, 6.45) is 4.99. The summed E-state index contributed by atoms with van der Waals surface area (Å²) in [5, 5.41) is 0.384. The van der Waals surface area contributed by atoms with E-state index in [0.717, 1.165) is 18.7 Å². The quantitative estimate of drug-likeness (QED) is 0.502. The van der Waals surface area contributed by atoms with Gasteiger partial charge < -0.3 is 9.88 Å². The van der Waals surface area contributed by atoms with Gasteiger partial charge in [0.1, 0.15) is 11.6 Å². The van der Waals surface area contributed by atoms with E-state index in [2.05, 4.69) is 15.0 Å². The van der Waals surface area contributed by atoms with Gasteiger partial charge in [-0.15, -0.1) is 0 Å². The molecule has 1 amide bonds.